The number of hydrogen-bond acceptors (Lipinski definition) is 3. The van der Waals surface area contributed by atoms with E-state index in [0.717, 1.165) is 11.1 Å². The predicted octanol–water partition coefficient (Wildman–Crippen LogP) is 2.29. The van der Waals surface area contributed by atoms with E-state index in [-0.39, 0.29) is 11.1 Å². The van der Waals surface area contributed by atoms with Gasteiger partial charge < -0.3 is 10.1 Å². The maximum Gasteiger partial charge on any atom is 0.335 e. The molecule has 0 fully saturated rings. The number of benzene rings is 2. The second-order valence-corrected chi connectivity index (χ2v) is 4.35. The van der Waals surface area contributed by atoms with Gasteiger partial charge in [-0.15, -0.1) is 0 Å². The van der Waals surface area contributed by atoms with Crippen LogP contribution in [0.1, 0.15) is 10.4 Å². The van der Waals surface area contributed by atoms with Crippen LogP contribution in [0.25, 0.3) is 22.0 Å². The van der Waals surface area contributed by atoms with Gasteiger partial charge in [0.15, 0.2) is 0 Å². The van der Waals surface area contributed by atoms with Crippen LogP contribution in [0.15, 0.2) is 53.6 Å². The lowest BCUT2D eigenvalue weighted by molar-refractivity contribution is 0.0697. The number of carboxylic acid groups (broad SMARTS) is 1. The van der Waals surface area contributed by atoms with Crippen molar-refractivity contribution in [1.29, 1.82) is 0 Å². The van der Waals surface area contributed by atoms with Gasteiger partial charge in [0.25, 0.3) is 5.56 Å². The Balaban J connectivity index is 2.17. The van der Waals surface area contributed by atoms with E-state index < -0.39 is 5.97 Å². The summed E-state index contributed by atoms with van der Waals surface area (Å²) in [6, 6.07) is 11.9. The number of H-pyrrole nitrogens is 1. The molecule has 2 aromatic carbocycles. The molecule has 0 saturated carbocycles. The number of nitrogens with one attached hydrogen (secondary N) is 1. The van der Waals surface area contributed by atoms with Crippen molar-refractivity contribution in [1.82, 2.24) is 9.97 Å². The molecule has 0 spiro atoms. The van der Waals surface area contributed by atoms with Gasteiger partial charge in [-0.2, -0.15) is 0 Å². The highest BCUT2D eigenvalue weighted by atomic mass is 16.4. The minimum absolute atomic E-state index is 0.194. The number of nitrogens with zero attached hydrogens (tertiary/aromatic N) is 1. The van der Waals surface area contributed by atoms with Crippen LogP contribution in [0.2, 0.25) is 0 Å². The molecule has 1 heterocycles. The number of rotatable bonds is 2. The summed E-state index contributed by atoms with van der Waals surface area (Å²) in [5.41, 5.74) is 2.20. The Kier molecular flexibility index (Phi) is 2.80. The van der Waals surface area contributed by atoms with Gasteiger partial charge >= 0.3 is 5.97 Å². The van der Waals surface area contributed by atoms with Gasteiger partial charge in [-0.3, -0.25) is 4.79 Å². The summed E-state index contributed by atoms with van der Waals surface area (Å²) in [4.78, 5) is 29.2. The third kappa shape index (κ3) is 2.05. The highest BCUT2D eigenvalue weighted by Crippen LogP contribution is 2.23. The number of carbonyl (C=O) groups is 1. The van der Waals surface area contributed by atoms with E-state index in [1.54, 1.807) is 30.3 Å². The van der Waals surface area contributed by atoms with Gasteiger partial charge in [0.05, 0.1) is 22.8 Å². The van der Waals surface area contributed by atoms with Crippen LogP contribution in [-0.2, 0) is 0 Å². The summed E-state index contributed by atoms with van der Waals surface area (Å²) in [7, 11) is 0. The maximum absolute atomic E-state index is 11.6. The van der Waals surface area contributed by atoms with E-state index in [4.69, 9.17) is 5.11 Å². The zero-order chi connectivity index (χ0) is 14.1. The average molecular weight is 266 g/mol. The Morgan fingerprint density at radius 1 is 1.10 bits per heavy atom. The zero-order valence-corrected chi connectivity index (χ0v) is 10.3. The molecule has 0 aliphatic rings. The van der Waals surface area contributed by atoms with Gasteiger partial charge in [-0.25, -0.2) is 9.78 Å². The van der Waals surface area contributed by atoms with Crippen molar-refractivity contribution in [3.8, 4) is 11.1 Å². The van der Waals surface area contributed by atoms with E-state index in [1.807, 2.05) is 6.07 Å². The molecule has 0 aliphatic heterocycles. The van der Waals surface area contributed by atoms with Crippen LogP contribution in [0.3, 0.4) is 0 Å². The highest BCUT2D eigenvalue weighted by molar-refractivity contribution is 5.90. The van der Waals surface area contributed by atoms with Gasteiger partial charge in [-0.1, -0.05) is 18.2 Å². The summed E-state index contributed by atoms with van der Waals surface area (Å²) >= 11 is 0. The molecule has 3 aromatic rings. The van der Waals surface area contributed by atoms with Crippen molar-refractivity contribution in [2.75, 3.05) is 0 Å². The van der Waals surface area contributed by atoms with Crippen LogP contribution in [0.4, 0.5) is 0 Å². The molecular weight excluding hydrogens is 256 g/mol. The highest BCUT2D eigenvalue weighted by Gasteiger charge is 2.06. The molecule has 20 heavy (non-hydrogen) atoms. The molecule has 0 amide bonds. The lowest BCUT2D eigenvalue weighted by Gasteiger charge is -2.04. The molecule has 98 valence electrons. The molecule has 0 bridgehead atoms. The Hall–Kier alpha value is -2.95. The van der Waals surface area contributed by atoms with Crippen molar-refractivity contribution in [3.05, 3.63) is 64.7 Å². The standard InChI is InChI=1S/C15H10N2O3/c18-14-12-5-4-10(7-13(12)16-8-17-14)9-2-1-3-11(6-9)15(19)20/h1-8H,(H,19,20)(H,16,17,18). The van der Waals surface area contributed by atoms with E-state index in [2.05, 4.69) is 9.97 Å². The third-order valence-corrected chi connectivity index (χ3v) is 3.08. The molecule has 1 aromatic heterocycles. The number of aromatic nitrogens is 2. The third-order valence-electron chi connectivity index (χ3n) is 3.08. The number of fused-ring (bicyclic) bond motifs is 1. The van der Waals surface area contributed by atoms with Gasteiger partial charge in [0.1, 0.15) is 0 Å². The molecule has 3 rings (SSSR count). The average Bonchev–Trinajstić information content (AvgIpc) is 2.47. The summed E-state index contributed by atoms with van der Waals surface area (Å²) in [5, 5.41) is 9.51. The first-order valence-electron chi connectivity index (χ1n) is 5.96. The van der Waals surface area contributed by atoms with Crippen molar-refractivity contribution < 1.29 is 9.90 Å². The smallest absolute Gasteiger partial charge is 0.335 e. The van der Waals surface area contributed by atoms with Crippen molar-refractivity contribution >= 4 is 16.9 Å². The monoisotopic (exact) mass is 266 g/mol. The molecule has 5 heteroatoms. The Morgan fingerprint density at radius 3 is 2.70 bits per heavy atom. The summed E-state index contributed by atoms with van der Waals surface area (Å²) in [6.45, 7) is 0. The second kappa shape index (κ2) is 4.62. The van der Waals surface area contributed by atoms with Crippen LogP contribution in [0, 0.1) is 0 Å². The largest absolute Gasteiger partial charge is 0.478 e. The topological polar surface area (TPSA) is 83.0 Å². The molecular formula is C15H10N2O3. The second-order valence-electron chi connectivity index (χ2n) is 4.35. The first-order chi connectivity index (χ1) is 9.65. The van der Waals surface area contributed by atoms with E-state index in [9.17, 15) is 9.59 Å². The first kappa shape index (κ1) is 12.1. The first-order valence-corrected chi connectivity index (χ1v) is 5.96. The van der Waals surface area contributed by atoms with Gasteiger partial charge in [0, 0.05) is 0 Å². The number of hydrogen-bond donors (Lipinski definition) is 2. The fourth-order valence-corrected chi connectivity index (χ4v) is 2.08. The molecule has 0 radical (unpaired) electrons. The quantitative estimate of drug-likeness (QED) is 0.745. The zero-order valence-electron chi connectivity index (χ0n) is 10.3. The van der Waals surface area contributed by atoms with Crippen molar-refractivity contribution in [2.45, 2.75) is 0 Å². The molecule has 5 nitrogen and oxygen atoms in total. The molecule has 0 saturated heterocycles. The number of aromatic amines is 1. The fraction of sp³-hybridized carbons (Fsp3) is 0. The van der Waals surface area contributed by atoms with Crippen molar-refractivity contribution in [2.24, 2.45) is 0 Å². The molecule has 0 aliphatic carbocycles. The van der Waals surface area contributed by atoms with Crippen LogP contribution >= 0.6 is 0 Å². The van der Waals surface area contributed by atoms with E-state index in [1.165, 1.54) is 12.4 Å². The normalized spacial score (nSPS) is 10.6. The molecule has 0 unspecified atom stereocenters. The van der Waals surface area contributed by atoms with Crippen LogP contribution < -0.4 is 5.56 Å². The minimum Gasteiger partial charge on any atom is -0.478 e. The van der Waals surface area contributed by atoms with Gasteiger partial charge in [-0.05, 0) is 35.4 Å². The predicted molar refractivity (Wildman–Crippen MR) is 74.8 cm³/mol. The maximum atomic E-state index is 11.6. The minimum atomic E-state index is -0.970. The number of carboxylic acids is 1. The fourth-order valence-electron chi connectivity index (χ4n) is 2.08. The van der Waals surface area contributed by atoms with Crippen molar-refractivity contribution in [3.63, 3.8) is 0 Å². The van der Waals surface area contributed by atoms with Crippen LogP contribution in [0.5, 0.6) is 0 Å². The summed E-state index contributed by atoms with van der Waals surface area (Å²) < 4.78 is 0. The Morgan fingerprint density at radius 2 is 1.90 bits per heavy atom. The van der Waals surface area contributed by atoms with E-state index in [0.29, 0.717) is 10.9 Å². The Labute approximate surface area is 113 Å². The molecule has 0 atom stereocenters. The Bertz CT molecular complexity index is 868. The lowest BCUT2D eigenvalue weighted by Crippen LogP contribution is -2.05. The summed E-state index contributed by atoms with van der Waals surface area (Å²) in [6.07, 6.45) is 1.35. The SMILES string of the molecule is O=C(O)c1cccc(-c2ccc3c(=O)[nH]cnc3c2)c1. The lowest BCUT2D eigenvalue weighted by atomic mass is 10.0. The number of aromatic carboxylic acids is 1. The van der Waals surface area contributed by atoms with Gasteiger partial charge in [0.2, 0.25) is 0 Å². The molecule has 2 N–H and O–H groups in total. The van der Waals surface area contributed by atoms with Crippen LogP contribution in [-0.4, -0.2) is 21.0 Å². The van der Waals surface area contributed by atoms with E-state index >= 15 is 0 Å². The summed E-state index contributed by atoms with van der Waals surface area (Å²) in [5.74, 6) is -0.970.